The average molecular weight is 494 g/mol. The molecule has 4 aliphatic heterocycles. The second-order valence-electron chi connectivity index (χ2n) is 9.77. The number of nitrogens with one attached hydrogen (secondary N) is 2. The lowest BCUT2D eigenvalue weighted by Gasteiger charge is -2.36. The maximum absolute atomic E-state index is 14.7. The first kappa shape index (κ1) is 24.2. The van der Waals surface area contributed by atoms with Crippen LogP contribution in [0.15, 0.2) is 30.7 Å². The molecule has 10 heteroatoms. The molecule has 0 atom stereocenters. The third-order valence-electron chi connectivity index (χ3n) is 7.12. The van der Waals surface area contributed by atoms with Crippen molar-refractivity contribution in [2.75, 3.05) is 48.3 Å². The number of hydrogen-bond donors (Lipinski definition) is 2. The highest BCUT2D eigenvalue weighted by atomic mass is 19.1. The number of benzene rings is 1. The van der Waals surface area contributed by atoms with Gasteiger partial charge in [0.25, 0.3) is 5.91 Å². The summed E-state index contributed by atoms with van der Waals surface area (Å²) >= 11 is 0. The van der Waals surface area contributed by atoms with Crippen LogP contribution in [0.1, 0.15) is 44.2 Å². The summed E-state index contributed by atoms with van der Waals surface area (Å²) in [5.41, 5.74) is 2.34. The molecule has 6 rings (SSSR count). The maximum Gasteiger partial charge on any atom is 0.259 e. The Morgan fingerprint density at radius 3 is 2.56 bits per heavy atom. The van der Waals surface area contributed by atoms with Crippen LogP contribution in [-0.4, -0.2) is 70.3 Å². The zero-order chi connectivity index (χ0) is 25.2. The van der Waals surface area contributed by atoms with Crippen LogP contribution in [0.4, 0.5) is 21.7 Å². The third kappa shape index (κ3) is 4.90. The molecule has 9 nitrogen and oxygen atoms in total. The molecule has 0 saturated carbocycles. The normalized spacial score (nSPS) is 20.7. The van der Waals surface area contributed by atoms with E-state index >= 15 is 0 Å². The van der Waals surface area contributed by atoms with Crippen molar-refractivity contribution >= 4 is 34.7 Å². The van der Waals surface area contributed by atoms with Gasteiger partial charge in [0.05, 0.1) is 11.1 Å². The Hall–Kier alpha value is -3.53. The van der Waals surface area contributed by atoms with E-state index in [9.17, 15) is 14.0 Å². The minimum absolute atomic E-state index is 0.164. The van der Waals surface area contributed by atoms with Crippen LogP contribution in [0.2, 0.25) is 0 Å². The van der Waals surface area contributed by atoms with Crippen LogP contribution in [0.5, 0.6) is 0 Å². The molecule has 2 amide bonds. The standard InChI is InChI=1S/C26H32FN7O2/c1-17(2)34-8-4-3-5-22(35)32-9-11-33(12-10-32)25-23-20(26(36)31-24(23)29-16-30-25)14-28-19-6-7-21(27)18(13-19)15-34/h6-7,13-14,16-17,28H,3-5,8-12,15H2,1-2H3,(H,29,30,31,36)/b20-14-. The smallest absolute Gasteiger partial charge is 0.259 e. The van der Waals surface area contributed by atoms with Gasteiger partial charge in [0.15, 0.2) is 0 Å². The first-order valence-electron chi connectivity index (χ1n) is 12.6. The van der Waals surface area contributed by atoms with Crippen LogP contribution in [0, 0.1) is 5.82 Å². The number of rotatable bonds is 1. The second-order valence-corrected chi connectivity index (χ2v) is 9.77. The van der Waals surface area contributed by atoms with Gasteiger partial charge in [-0.3, -0.25) is 14.5 Å². The Labute approximate surface area is 210 Å². The minimum atomic E-state index is -0.271. The summed E-state index contributed by atoms with van der Waals surface area (Å²) in [6, 6.07) is 5.14. The van der Waals surface area contributed by atoms with E-state index in [0.717, 1.165) is 19.4 Å². The zero-order valence-corrected chi connectivity index (χ0v) is 20.8. The van der Waals surface area contributed by atoms with Crippen molar-refractivity contribution in [1.29, 1.82) is 0 Å². The number of halogens is 1. The molecule has 0 radical (unpaired) electrons. The summed E-state index contributed by atoms with van der Waals surface area (Å²) in [6.45, 7) is 7.93. The number of nitrogens with zero attached hydrogens (tertiary/aromatic N) is 5. The number of carbonyl (C=O) groups is 2. The van der Waals surface area contributed by atoms with Gasteiger partial charge in [0, 0.05) is 62.6 Å². The fourth-order valence-corrected chi connectivity index (χ4v) is 4.98. The molecule has 36 heavy (non-hydrogen) atoms. The maximum atomic E-state index is 14.7. The number of fused-ring (bicyclic) bond motifs is 9. The van der Waals surface area contributed by atoms with Crippen LogP contribution in [-0.2, 0) is 16.1 Å². The molecule has 2 N–H and O–H groups in total. The van der Waals surface area contributed by atoms with E-state index in [1.165, 1.54) is 12.4 Å². The number of aromatic nitrogens is 2. The second kappa shape index (κ2) is 10.2. The summed E-state index contributed by atoms with van der Waals surface area (Å²) < 4.78 is 14.7. The molecule has 4 aliphatic rings. The van der Waals surface area contributed by atoms with E-state index in [1.54, 1.807) is 18.3 Å². The molecular formula is C26H32FN7O2. The highest BCUT2D eigenvalue weighted by molar-refractivity contribution is 6.32. The molecule has 1 fully saturated rings. The number of anilines is 3. The van der Waals surface area contributed by atoms with Gasteiger partial charge >= 0.3 is 0 Å². The van der Waals surface area contributed by atoms with Gasteiger partial charge in [-0.05, 0) is 51.4 Å². The summed E-state index contributed by atoms with van der Waals surface area (Å²) in [7, 11) is 0. The summed E-state index contributed by atoms with van der Waals surface area (Å²) in [5.74, 6) is 0.763. The molecule has 190 valence electrons. The highest BCUT2D eigenvalue weighted by Gasteiger charge is 2.33. The van der Waals surface area contributed by atoms with Gasteiger partial charge in [0.1, 0.15) is 23.8 Å². The molecule has 1 aromatic carbocycles. The molecule has 1 aromatic heterocycles. The van der Waals surface area contributed by atoms with Crippen molar-refractivity contribution in [2.24, 2.45) is 0 Å². The van der Waals surface area contributed by atoms with Gasteiger partial charge in [-0.2, -0.15) is 0 Å². The molecule has 2 aromatic rings. The Morgan fingerprint density at radius 1 is 1.00 bits per heavy atom. The summed E-state index contributed by atoms with van der Waals surface area (Å²) in [5, 5.41) is 6.01. The number of carbonyl (C=O) groups excluding carboxylic acids is 2. The fraction of sp³-hybridized carbons (Fsp3) is 0.462. The van der Waals surface area contributed by atoms with Crippen LogP contribution in [0.3, 0.4) is 0 Å². The van der Waals surface area contributed by atoms with E-state index in [1.807, 2.05) is 4.90 Å². The fourth-order valence-electron chi connectivity index (χ4n) is 4.98. The lowest BCUT2D eigenvalue weighted by Crippen LogP contribution is -2.49. The largest absolute Gasteiger partial charge is 0.361 e. The van der Waals surface area contributed by atoms with E-state index < -0.39 is 0 Å². The van der Waals surface area contributed by atoms with Crippen LogP contribution in [0.25, 0.3) is 5.57 Å². The van der Waals surface area contributed by atoms with E-state index in [4.69, 9.17) is 0 Å². The number of hydrogen-bond acceptors (Lipinski definition) is 7. The molecule has 0 unspecified atom stereocenters. The Morgan fingerprint density at radius 2 is 1.78 bits per heavy atom. The number of amides is 2. The van der Waals surface area contributed by atoms with Crippen molar-refractivity contribution in [3.63, 3.8) is 0 Å². The van der Waals surface area contributed by atoms with Crippen LogP contribution >= 0.6 is 0 Å². The Bertz CT molecular complexity index is 1190. The van der Waals surface area contributed by atoms with E-state index in [-0.39, 0.29) is 23.7 Å². The quantitative estimate of drug-likeness (QED) is 0.631. The van der Waals surface area contributed by atoms with Gasteiger partial charge in [0.2, 0.25) is 5.91 Å². The third-order valence-corrected chi connectivity index (χ3v) is 7.12. The lowest BCUT2D eigenvalue weighted by molar-refractivity contribution is -0.131. The zero-order valence-electron chi connectivity index (χ0n) is 20.8. The molecule has 0 aliphatic carbocycles. The Kier molecular flexibility index (Phi) is 6.86. The first-order chi connectivity index (χ1) is 17.4. The highest BCUT2D eigenvalue weighted by Crippen LogP contribution is 2.36. The Balaban J connectivity index is 1.51. The number of piperazine rings is 1. The topological polar surface area (TPSA) is 93.7 Å². The first-order valence-corrected chi connectivity index (χ1v) is 12.6. The average Bonchev–Trinajstić information content (AvgIpc) is 3.20. The summed E-state index contributed by atoms with van der Waals surface area (Å²) in [4.78, 5) is 40.7. The van der Waals surface area contributed by atoms with E-state index in [0.29, 0.717) is 73.2 Å². The molecular weight excluding hydrogens is 461 g/mol. The lowest BCUT2D eigenvalue weighted by atomic mass is 10.1. The predicted octanol–water partition coefficient (Wildman–Crippen LogP) is 3.06. The van der Waals surface area contributed by atoms with Crippen molar-refractivity contribution in [3.05, 3.63) is 47.7 Å². The van der Waals surface area contributed by atoms with Crippen molar-refractivity contribution < 1.29 is 14.0 Å². The van der Waals surface area contributed by atoms with Crippen LogP contribution < -0.4 is 15.5 Å². The van der Waals surface area contributed by atoms with Crippen molar-refractivity contribution in [3.8, 4) is 0 Å². The van der Waals surface area contributed by atoms with Gasteiger partial charge in [-0.25, -0.2) is 14.4 Å². The summed E-state index contributed by atoms with van der Waals surface area (Å²) in [6.07, 6.45) is 5.27. The van der Waals surface area contributed by atoms with Gasteiger partial charge in [-0.1, -0.05) is 0 Å². The van der Waals surface area contributed by atoms with E-state index in [2.05, 4.69) is 44.2 Å². The minimum Gasteiger partial charge on any atom is -0.361 e. The van der Waals surface area contributed by atoms with Crippen molar-refractivity contribution in [2.45, 2.75) is 45.7 Å². The molecule has 0 spiro atoms. The van der Waals surface area contributed by atoms with Gasteiger partial charge < -0.3 is 20.4 Å². The predicted molar refractivity (Wildman–Crippen MR) is 137 cm³/mol. The SMILES string of the molecule is CC(C)N1CCCCC(=O)N2CCN(CC2)c2ncnc3c2/C(=C/Nc2ccc(F)c(c2)C1)C(=O)N3. The monoisotopic (exact) mass is 493 g/mol. The van der Waals surface area contributed by atoms with Gasteiger partial charge in [-0.15, -0.1) is 0 Å². The molecule has 1 saturated heterocycles. The van der Waals surface area contributed by atoms with Crippen molar-refractivity contribution in [1.82, 2.24) is 19.8 Å². The molecule has 5 heterocycles. The molecule has 4 bridgehead atoms.